The van der Waals surface area contributed by atoms with Crippen LogP contribution in [0, 0.1) is 0 Å². The van der Waals surface area contributed by atoms with Crippen LogP contribution in [0.1, 0.15) is 12.5 Å². The van der Waals surface area contributed by atoms with E-state index in [1.165, 1.54) is 6.21 Å². The summed E-state index contributed by atoms with van der Waals surface area (Å²) in [6, 6.07) is 5.23. The summed E-state index contributed by atoms with van der Waals surface area (Å²) in [6.07, 6.45) is 1.42. The number of benzene rings is 1. The van der Waals surface area contributed by atoms with Crippen molar-refractivity contribution in [3.05, 3.63) is 23.8 Å². The number of ether oxygens (including phenoxy) is 2. The predicted molar refractivity (Wildman–Crippen MR) is 67.0 cm³/mol. The highest BCUT2D eigenvalue weighted by atomic mass is 16.7. The Morgan fingerprint density at radius 3 is 2.89 bits per heavy atom. The number of likely N-dealkylation sites (N-methyl/N-ethyl adjacent to an activating group) is 1. The molecule has 0 saturated heterocycles. The van der Waals surface area contributed by atoms with E-state index in [4.69, 9.17) is 9.47 Å². The van der Waals surface area contributed by atoms with Gasteiger partial charge in [-0.15, -0.1) is 0 Å². The van der Waals surface area contributed by atoms with Crippen molar-refractivity contribution in [2.45, 2.75) is 6.92 Å². The first kappa shape index (κ1) is 12.9. The van der Waals surface area contributed by atoms with Crippen LogP contribution in [-0.4, -0.2) is 31.4 Å². The predicted octanol–water partition coefficient (Wildman–Crippen LogP) is 0.00150. The number of nitrogens with zero attached hydrogens (tertiary/aromatic N) is 1. The normalized spacial score (nSPS) is 12.5. The smallest absolute Gasteiger partial charge is 0.329 e. The third-order valence-electron chi connectivity index (χ3n) is 2.32. The molecule has 0 unspecified atom stereocenters. The molecule has 1 aliphatic rings. The van der Waals surface area contributed by atoms with Gasteiger partial charge in [0.05, 0.1) is 6.21 Å². The van der Waals surface area contributed by atoms with Crippen molar-refractivity contribution in [2.75, 3.05) is 13.3 Å². The van der Waals surface area contributed by atoms with Crippen LogP contribution in [0.25, 0.3) is 0 Å². The highest BCUT2D eigenvalue weighted by Crippen LogP contribution is 2.31. The van der Waals surface area contributed by atoms with Crippen LogP contribution < -0.4 is 20.2 Å². The summed E-state index contributed by atoms with van der Waals surface area (Å²) in [7, 11) is 0. The maximum Gasteiger partial charge on any atom is 0.329 e. The summed E-state index contributed by atoms with van der Waals surface area (Å²) in [4.78, 5) is 22.3. The molecule has 7 nitrogen and oxygen atoms in total. The molecule has 0 spiro atoms. The van der Waals surface area contributed by atoms with Gasteiger partial charge in [-0.05, 0) is 30.7 Å². The number of fused-ring (bicyclic) bond motifs is 1. The summed E-state index contributed by atoms with van der Waals surface area (Å²) in [5.74, 6) is -0.230. The molecular weight excluding hydrogens is 250 g/mol. The Morgan fingerprint density at radius 1 is 1.32 bits per heavy atom. The van der Waals surface area contributed by atoms with Crippen LogP contribution in [0.3, 0.4) is 0 Å². The van der Waals surface area contributed by atoms with Gasteiger partial charge in [-0.1, -0.05) is 0 Å². The molecule has 0 radical (unpaired) electrons. The first-order chi connectivity index (χ1) is 9.20. The first-order valence-corrected chi connectivity index (χ1v) is 5.71. The summed E-state index contributed by atoms with van der Waals surface area (Å²) >= 11 is 0. The second-order valence-electron chi connectivity index (χ2n) is 3.67. The highest BCUT2D eigenvalue weighted by Gasteiger charge is 2.13. The molecule has 1 aliphatic heterocycles. The van der Waals surface area contributed by atoms with E-state index in [2.05, 4.69) is 15.8 Å². The molecule has 2 amide bonds. The van der Waals surface area contributed by atoms with Gasteiger partial charge in [0, 0.05) is 6.54 Å². The molecule has 1 aromatic carbocycles. The minimum Gasteiger partial charge on any atom is -0.454 e. The minimum absolute atomic E-state index is 0.198. The molecule has 0 bridgehead atoms. The van der Waals surface area contributed by atoms with E-state index in [1.807, 2.05) is 0 Å². The number of rotatable bonds is 3. The zero-order valence-corrected chi connectivity index (χ0v) is 10.3. The van der Waals surface area contributed by atoms with E-state index in [9.17, 15) is 9.59 Å². The fourth-order valence-corrected chi connectivity index (χ4v) is 1.45. The lowest BCUT2D eigenvalue weighted by atomic mass is 10.2. The number of nitrogens with one attached hydrogen (secondary N) is 2. The molecule has 0 fully saturated rings. The van der Waals surface area contributed by atoms with Crippen molar-refractivity contribution >= 4 is 18.0 Å². The maximum absolute atomic E-state index is 11.2. The SMILES string of the molecule is CCNC(=O)C(=O)NN=Cc1ccc2c(c1)OCO2. The Morgan fingerprint density at radius 2 is 2.11 bits per heavy atom. The average Bonchev–Trinajstić information content (AvgIpc) is 2.86. The summed E-state index contributed by atoms with van der Waals surface area (Å²) in [6.45, 7) is 2.31. The largest absolute Gasteiger partial charge is 0.454 e. The molecular formula is C12H13N3O4. The standard InChI is InChI=1S/C12H13N3O4/c1-2-13-11(16)12(17)15-14-6-8-3-4-9-10(5-8)19-7-18-9/h3-6H,2,7H2,1H3,(H,13,16)(H,15,17). The van der Waals surface area contributed by atoms with Gasteiger partial charge < -0.3 is 14.8 Å². The van der Waals surface area contributed by atoms with Gasteiger partial charge >= 0.3 is 11.8 Å². The molecule has 19 heavy (non-hydrogen) atoms. The molecule has 7 heteroatoms. The number of carbonyl (C=O) groups excluding carboxylic acids is 2. The first-order valence-electron chi connectivity index (χ1n) is 5.71. The van der Waals surface area contributed by atoms with Crippen LogP contribution >= 0.6 is 0 Å². The monoisotopic (exact) mass is 263 g/mol. The fourth-order valence-electron chi connectivity index (χ4n) is 1.45. The summed E-state index contributed by atoms with van der Waals surface area (Å²) < 4.78 is 10.4. The van der Waals surface area contributed by atoms with Crippen LogP contribution in [0.2, 0.25) is 0 Å². The van der Waals surface area contributed by atoms with E-state index >= 15 is 0 Å². The average molecular weight is 263 g/mol. The van der Waals surface area contributed by atoms with Gasteiger partial charge in [0.25, 0.3) is 0 Å². The van der Waals surface area contributed by atoms with E-state index in [0.29, 0.717) is 18.0 Å². The van der Waals surface area contributed by atoms with Crippen molar-refractivity contribution < 1.29 is 19.1 Å². The van der Waals surface area contributed by atoms with Crippen LogP contribution in [0.5, 0.6) is 11.5 Å². The van der Waals surface area contributed by atoms with E-state index in [-0.39, 0.29) is 6.79 Å². The second kappa shape index (κ2) is 5.85. The number of amides is 2. The Kier molecular flexibility index (Phi) is 3.97. The zero-order valence-electron chi connectivity index (χ0n) is 10.3. The van der Waals surface area contributed by atoms with Gasteiger partial charge in [0.15, 0.2) is 11.5 Å². The lowest BCUT2D eigenvalue weighted by Gasteiger charge is -2.00. The zero-order chi connectivity index (χ0) is 13.7. The molecule has 100 valence electrons. The van der Waals surface area contributed by atoms with Crippen molar-refractivity contribution in [3.63, 3.8) is 0 Å². The molecule has 0 aromatic heterocycles. The van der Waals surface area contributed by atoms with Crippen molar-refractivity contribution in [1.29, 1.82) is 0 Å². The van der Waals surface area contributed by atoms with Crippen LogP contribution in [0.4, 0.5) is 0 Å². The number of hydrazone groups is 1. The number of hydrogen-bond donors (Lipinski definition) is 2. The van der Waals surface area contributed by atoms with Crippen molar-refractivity contribution in [3.8, 4) is 11.5 Å². The van der Waals surface area contributed by atoms with E-state index in [0.717, 1.165) is 5.56 Å². The minimum atomic E-state index is -0.807. The van der Waals surface area contributed by atoms with Gasteiger partial charge in [0.2, 0.25) is 6.79 Å². The quantitative estimate of drug-likeness (QED) is 0.456. The van der Waals surface area contributed by atoms with Crippen molar-refractivity contribution in [2.24, 2.45) is 5.10 Å². The van der Waals surface area contributed by atoms with Crippen LogP contribution in [0.15, 0.2) is 23.3 Å². The molecule has 2 N–H and O–H groups in total. The van der Waals surface area contributed by atoms with Gasteiger partial charge in [-0.2, -0.15) is 5.10 Å². The van der Waals surface area contributed by atoms with E-state index < -0.39 is 11.8 Å². The van der Waals surface area contributed by atoms with Crippen molar-refractivity contribution in [1.82, 2.24) is 10.7 Å². The van der Waals surface area contributed by atoms with Gasteiger partial charge in [0.1, 0.15) is 0 Å². The Labute approximate surface area is 109 Å². The molecule has 0 saturated carbocycles. The lowest BCUT2D eigenvalue weighted by molar-refractivity contribution is -0.139. The molecule has 1 aromatic rings. The number of carbonyl (C=O) groups is 2. The van der Waals surface area contributed by atoms with E-state index in [1.54, 1.807) is 25.1 Å². The molecule has 1 heterocycles. The summed E-state index contributed by atoms with van der Waals surface area (Å²) in [5, 5.41) is 6.06. The Balaban J connectivity index is 1.92. The maximum atomic E-state index is 11.2. The topological polar surface area (TPSA) is 89.0 Å². The number of hydrogen-bond acceptors (Lipinski definition) is 5. The van der Waals surface area contributed by atoms with Gasteiger partial charge in [-0.3, -0.25) is 9.59 Å². The highest BCUT2D eigenvalue weighted by molar-refractivity contribution is 6.35. The molecule has 2 rings (SSSR count). The summed E-state index contributed by atoms with van der Waals surface area (Å²) in [5.41, 5.74) is 2.85. The molecule has 0 aliphatic carbocycles. The Bertz CT molecular complexity index is 528. The second-order valence-corrected chi connectivity index (χ2v) is 3.67. The third kappa shape index (κ3) is 3.21. The lowest BCUT2D eigenvalue weighted by Crippen LogP contribution is -2.37. The van der Waals surface area contributed by atoms with Crippen LogP contribution in [-0.2, 0) is 9.59 Å². The molecule has 0 atom stereocenters. The third-order valence-corrected chi connectivity index (χ3v) is 2.32. The fraction of sp³-hybridized carbons (Fsp3) is 0.250. The Hall–Kier alpha value is -2.57. The van der Waals surface area contributed by atoms with Gasteiger partial charge in [-0.25, -0.2) is 5.43 Å².